The van der Waals surface area contributed by atoms with Crippen LogP contribution in [0.4, 0.5) is 0 Å². The fourth-order valence-corrected chi connectivity index (χ4v) is 3.78. The number of ether oxygens (including phenoxy) is 2. The monoisotopic (exact) mass is 428 g/mol. The highest BCUT2D eigenvalue weighted by Crippen LogP contribution is 2.40. The van der Waals surface area contributed by atoms with Crippen molar-refractivity contribution in [1.82, 2.24) is 0 Å². The number of methoxy groups -OCH3 is 1. The molecule has 0 saturated carbocycles. The van der Waals surface area contributed by atoms with E-state index in [4.69, 9.17) is 9.47 Å². The molecule has 2 rings (SSSR count). The predicted molar refractivity (Wildman–Crippen MR) is 124 cm³/mol. The van der Waals surface area contributed by atoms with Gasteiger partial charge in [0, 0.05) is 11.5 Å². The molecule has 0 aromatic heterocycles. The Morgan fingerprint density at radius 2 is 1.55 bits per heavy atom. The molecular formula is C26H36O5. The smallest absolute Gasteiger partial charge is 0.339 e. The first-order chi connectivity index (χ1) is 15.0. The summed E-state index contributed by atoms with van der Waals surface area (Å²) in [5.41, 5.74) is 1.33. The maximum absolute atomic E-state index is 11.5. The number of hydrogen-bond acceptors (Lipinski definition) is 4. The summed E-state index contributed by atoms with van der Waals surface area (Å²) in [4.78, 5) is 11.5. The molecule has 0 aliphatic heterocycles. The summed E-state index contributed by atoms with van der Waals surface area (Å²) in [6, 6.07) is 10.6. The van der Waals surface area contributed by atoms with E-state index in [1.54, 1.807) is 13.2 Å². The Morgan fingerprint density at radius 3 is 2.13 bits per heavy atom. The zero-order chi connectivity index (χ0) is 22.6. The van der Waals surface area contributed by atoms with Gasteiger partial charge in [0.2, 0.25) is 0 Å². The summed E-state index contributed by atoms with van der Waals surface area (Å²) >= 11 is 0. The second kappa shape index (κ2) is 12.9. The third kappa shape index (κ3) is 7.20. The van der Waals surface area contributed by atoms with Crippen LogP contribution in [0.25, 0.3) is 0 Å². The summed E-state index contributed by atoms with van der Waals surface area (Å²) in [5, 5.41) is 20.2. The molecule has 170 valence electrons. The van der Waals surface area contributed by atoms with Gasteiger partial charge in [-0.05, 0) is 36.2 Å². The molecule has 0 saturated heterocycles. The Hall–Kier alpha value is -2.69. The van der Waals surface area contributed by atoms with Crippen molar-refractivity contribution in [3.63, 3.8) is 0 Å². The van der Waals surface area contributed by atoms with Crippen molar-refractivity contribution in [2.45, 2.75) is 71.1 Å². The van der Waals surface area contributed by atoms with Gasteiger partial charge in [-0.2, -0.15) is 0 Å². The quantitative estimate of drug-likeness (QED) is 0.325. The molecule has 0 spiro atoms. The first-order valence-electron chi connectivity index (χ1n) is 11.4. The number of carboxylic acids is 1. The molecule has 0 fully saturated rings. The molecule has 2 aromatic carbocycles. The summed E-state index contributed by atoms with van der Waals surface area (Å²) in [7, 11) is 1.61. The van der Waals surface area contributed by atoms with Gasteiger partial charge in [0.05, 0.1) is 13.7 Å². The standard InChI is InChI=1S/C26H36O5/c1-4-5-6-7-8-9-10-11-18-31-23-17-16-22(26(28)29)25(27)24(23)19(2)20-12-14-21(30-3)15-13-20/h12-17,19,27H,4-11,18H2,1-3H3,(H,28,29). The maximum Gasteiger partial charge on any atom is 0.339 e. The largest absolute Gasteiger partial charge is 0.507 e. The molecule has 0 aliphatic rings. The minimum atomic E-state index is -1.16. The Morgan fingerprint density at radius 1 is 0.935 bits per heavy atom. The normalized spacial score (nSPS) is 11.8. The van der Waals surface area contributed by atoms with E-state index in [9.17, 15) is 15.0 Å². The lowest BCUT2D eigenvalue weighted by Crippen LogP contribution is -2.07. The number of unbranched alkanes of at least 4 members (excludes halogenated alkanes) is 7. The molecule has 0 radical (unpaired) electrons. The van der Waals surface area contributed by atoms with E-state index < -0.39 is 5.97 Å². The Bertz CT molecular complexity index is 813. The number of benzene rings is 2. The minimum absolute atomic E-state index is 0.116. The van der Waals surface area contributed by atoms with Crippen molar-refractivity contribution in [2.75, 3.05) is 13.7 Å². The van der Waals surface area contributed by atoms with Gasteiger partial charge >= 0.3 is 5.97 Å². The summed E-state index contributed by atoms with van der Waals surface area (Å²) in [5.74, 6) is -0.349. The van der Waals surface area contributed by atoms with E-state index in [1.807, 2.05) is 31.2 Å². The van der Waals surface area contributed by atoms with E-state index in [1.165, 1.54) is 44.6 Å². The van der Waals surface area contributed by atoms with Crippen LogP contribution in [0.1, 0.15) is 92.6 Å². The van der Waals surface area contributed by atoms with Crippen LogP contribution < -0.4 is 9.47 Å². The highest BCUT2D eigenvalue weighted by molar-refractivity contribution is 5.92. The molecule has 0 amide bonds. The highest BCUT2D eigenvalue weighted by Gasteiger charge is 2.23. The molecule has 1 unspecified atom stereocenters. The van der Waals surface area contributed by atoms with Crippen LogP contribution >= 0.6 is 0 Å². The van der Waals surface area contributed by atoms with Crippen LogP contribution in [-0.4, -0.2) is 29.9 Å². The third-order valence-corrected chi connectivity index (χ3v) is 5.71. The second-order valence-electron chi connectivity index (χ2n) is 8.00. The Balaban J connectivity index is 2.07. The van der Waals surface area contributed by atoms with Crippen molar-refractivity contribution in [2.24, 2.45) is 0 Å². The molecule has 5 heteroatoms. The van der Waals surface area contributed by atoms with Gasteiger partial charge in [0.1, 0.15) is 22.8 Å². The molecule has 1 atom stereocenters. The number of carbonyl (C=O) groups is 1. The Labute approximate surface area is 186 Å². The lowest BCUT2D eigenvalue weighted by Gasteiger charge is -2.20. The van der Waals surface area contributed by atoms with E-state index in [0.29, 0.717) is 17.9 Å². The van der Waals surface area contributed by atoms with Crippen LogP contribution in [0.2, 0.25) is 0 Å². The average Bonchev–Trinajstić information content (AvgIpc) is 2.77. The van der Waals surface area contributed by atoms with Crippen LogP contribution in [-0.2, 0) is 0 Å². The van der Waals surface area contributed by atoms with Gasteiger partial charge in [-0.25, -0.2) is 4.79 Å². The molecule has 0 bridgehead atoms. The van der Waals surface area contributed by atoms with Gasteiger partial charge in [-0.15, -0.1) is 0 Å². The molecule has 5 nitrogen and oxygen atoms in total. The number of phenols is 1. The van der Waals surface area contributed by atoms with Gasteiger partial charge in [-0.3, -0.25) is 0 Å². The molecule has 2 N–H and O–H groups in total. The van der Waals surface area contributed by atoms with Crippen molar-refractivity contribution < 1.29 is 24.5 Å². The fourth-order valence-electron chi connectivity index (χ4n) is 3.78. The van der Waals surface area contributed by atoms with Gasteiger partial charge in [-0.1, -0.05) is 70.9 Å². The van der Waals surface area contributed by atoms with E-state index in [2.05, 4.69) is 6.92 Å². The topological polar surface area (TPSA) is 76.0 Å². The van der Waals surface area contributed by atoms with Crippen LogP contribution in [0.15, 0.2) is 36.4 Å². The van der Waals surface area contributed by atoms with Crippen molar-refractivity contribution in [3.05, 3.63) is 53.1 Å². The maximum atomic E-state index is 11.5. The zero-order valence-corrected chi connectivity index (χ0v) is 19.0. The number of rotatable bonds is 14. The highest BCUT2D eigenvalue weighted by atomic mass is 16.5. The molecule has 0 heterocycles. The first kappa shape index (κ1) is 24.6. The van der Waals surface area contributed by atoms with Crippen LogP contribution in [0.5, 0.6) is 17.2 Å². The summed E-state index contributed by atoms with van der Waals surface area (Å²) in [6.45, 7) is 4.71. The van der Waals surface area contributed by atoms with Crippen molar-refractivity contribution in [3.8, 4) is 17.2 Å². The molecule has 31 heavy (non-hydrogen) atoms. The number of aromatic hydroxyl groups is 1. The van der Waals surface area contributed by atoms with Gasteiger partial charge in [0.25, 0.3) is 0 Å². The average molecular weight is 429 g/mol. The van der Waals surface area contributed by atoms with E-state index in [-0.39, 0.29) is 17.2 Å². The van der Waals surface area contributed by atoms with E-state index in [0.717, 1.165) is 24.2 Å². The Kier molecular flexibility index (Phi) is 10.2. The molecule has 0 aliphatic carbocycles. The fraction of sp³-hybridized carbons (Fsp3) is 0.500. The SMILES string of the molecule is CCCCCCCCCCOc1ccc(C(=O)O)c(O)c1C(C)c1ccc(OC)cc1. The third-order valence-electron chi connectivity index (χ3n) is 5.71. The van der Waals surface area contributed by atoms with Crippen LogP contribution in [0.3, 0.4) is 0 Å². The van der Waals surface area contributed by atoms with Crippen LogP contribution in [0, 0.1) is 0 Å². The predicted octanol–water partition coefficient (Wildman–Crippen LogP) is 6.77. The summed E-state index contributed by atoms with van der Waals surface area (Å²) in [6.07, 6.45) is 9.68. The first-order valence-corrected chi connectivity index (χ1v) is 11.4. The van der Waals surface area contributed by atoms with Gasteiger partial charge in [0.15, 0.2) is 0 Å². The number of aromatic carboxylic acids is 1. The lowest BCUT2D eigenvalue weighted by atomic mass is 9.90. The molecule has 2 aromatic rings. The van der Waals surface area contributed by atoms with Gasteiger partial charge < -0.3 is 19.7 Å². The minimum Gasteiger partial charge on any atom is -0.507 e. The molecular weight excluding hydrogens is 392 g/mol. The number of carboxylic acid groups (broad SMARTS) is 1. The van der Waals surface area contributed by atoms with Crippen molar-refractivity contribution in [1.29, 1.82) is 0 Å². The summed E-state index contributed by atoms with van der Waals surface area (Å²) < 4.78 is 11.2. The number of hydrogen-bond donors (Lipinski definition) is 2. The zero-order valence-electron chi connectivity index (χ0n) is 19.0. The second-order valence-corrected chi connectivity index (χ2v) is 8.00. The van der Waals surface area contributed by atoms with E-state index >= 15 is 0 Å². The lowest BCUT2D eigenvalue weighted by molar-refractivity contribution is 0.0693. The van der Waals surface area contributed by atoms with Crippen molar-refractivity contribution >= 4 is 5.97 Å².